The molecule has 0 saturated carbocycles. The van der Waals surface area contributed by atoms with Gasteiger partial charge in [-0.2, -0.15) is 0 Å². The molecule has 1 heterocycles. The molecule has 1 aromatic heterocycles. The summed E-state index contributed by atoms with van der Waals surface area (Å²) in [6, 6.07) is 1.69. The molecule has 116 valence electrons. The largest absolute Gasteiger partial charge is 0.380 e. The van der Waals surface area contributed by atoms with Crippen LogP contribution >= 0.6 is 27.3 Å². The number of hydrogen-bond donors (Lipinski definition) is 2. The van der Waals surface area contributed by atoms with Crippen molar-refractivity contribution < 1.29 is 13.2 Å². The first kappa shape index (κ1) is 18.1. The Balaban J connectivity index is 2.51. The highest BCUT2D eigenvalue weighted by molar-refractivity contribution is 9.11. The van der Waals surface area contributed by atoms with Crippen molar-refractivity contribution in [2.75, 3.05) is 26.8 Å². The standard InChI is InChI=1S/C12H21BrN2O3S2/c1-3-4-6-18-7-5-15-20(16,17)11-8-10(9-14-2)19-12(11)13/h8,14-15H,3-7,9H2,1-2H3. The quantitative estimate of drug-likeness (QED) is 0.607. The number of sulfonamides is 1. The van der Waals surface area contributed by atoms with Gasteiger partial charge < -0.3 is 10.1 Å². The summed E-state index contributed by atoms with van der Waals surface area (Å²) >= 11 is 4.73. The van der Waals surface area contributed by atoms with Gasteiger partial charge in [-0.3, -0.25) is 0 Å². The molecule has 5 nitrogen and oxygen atoms in total. The van der Waals surface area contributed by atoms with Crippen molar-refractivity contribution in [1.82, 2.24) is 10.0 Å². The molecule has 0 aliphatic heterocycles. The maximum atomic E-state index is 12.1. The number of halogens is 1. The van der Waals surface area contributed by atoms with E-state index in [0.717, 1.165) is 17.7 Å². The SMILES string of the molecule is CCCCOCCNS(=O)(=O)c1cc(CNC)sc1Br. The highest BCUT2D eigenvalue weighted by Crippen LogP contribution is 2.31. The van der Waals surface area contributed by atoms with Crippen LogP contribution < -0.4 is 10.0 Å². The molecule has 0 atom stereocenters. The molecule has 0 saturated heterocycles. The van der Waals surface area contributed by atoms with E-state index in [-0.39, 0.29) is 6.54 Å². The van der Waals surface area contributed by atoms with E-state index in [0.29, 0.717) is 28.4 Å². The lowest BCUT2D eigenvalue weighted by Crippen LogP contribution is -2.27. The molecule has 1 aromatic rings. The molecular weight excluding hydrogens is 364 g/mol. The van der Waals surface area contributed by atoms with E-state index in [1.54, 1.807) is 6.07 Å². The van der Waals surface area contributed by atoms with Crippen LogP contribution in [0.2, 0.25) is 0 Å². The zero-order chi connectivity index (χ0) is 15.0. The maximum absolute atomic E-state index is 12.1. The van der Waals surface area contributed by atoms with Crippen LogP contribution in [0.5, 0.6) is 0 Å². The van der Waals surface area contributed by atoms with Crippen molar-refractivity contribution in [3.05, 3.63) is 14.7 Å². The first-order valence-corrected chi connectivity index (χ1v) is 9.60. The predicted octanol–water partition coefficient (Wildman–Crippen LogP) is 2.33. The number of rotatable bonds is 10. The Morgan fingerprint density at radius 3 is 2.80 bits per heavy atom. The summed E-state index contributed by atoms with van der Waals surface area (Å²) in [5, 5.41) is 3.00. The van der Waals surface area contributed by atoms with Gasteiger partial charge in [-0.25, -0.2) is 13.1 Å². The van der Waals surface area contributed by atoms with E-state index in [1.165, 1.54) is 11.3 Å². The minimum Gasteiger partial charge on any atom is -0.380 e. The number of unbranched alkanes of at least 4 members (excludes halogenated alkanes) is 1. The Bertz CT molecular complexity index is 503. The molecule has 20 heavy (non-hydrogen) atoms. The Kier molecular flexibility index (Phi) is 8.23. The Morgan fingerprint density at radius 1 is 1.40 bits per heavy atom. The zero-order valence-corrected chi connectivity index (χ0v) is 15.0. The van der Waals surface area contributed by atoms with E-state index in [4.69, 9.17) is 4.74 Å². The van der Waals surface area contributed by atoms with E-state index in [9.17, 15) is 8.42 Å². The first-order chi connectivity index (χ1) is 9.51. The molecule has 0 unspecified atom stereocenters. The number of nitrogens with one attached hydrogen (secondary N) is 2. The van der Waals surface area contributed by atoms with E-state index in [2.05, 4.69) is 32.9 Å². The molecule has 8 heteroatoms. The van der Waals surface area contributed by atoms with Crippen molar-refractivity contribution >= 4 is 37.3 Å². The summed E-state index contributed by atoms with van der Waals surface area (Å²) in [5.74, 6) is 0. The highest BCUT2D eigenvalue weighted by atomic mass is 79.9. The number of hydrogen-bond acceptors (Lipinski definition) is 5. The molecule has 0 amide bonds. The molecular formula is C12H21BrN2O3S2. The van der Waals surface area contributed by atoms with E-state index < -0.39 is 10.0 Å². The minimum atomic E-state index is -3.48. The van der Waals surface area contributed by atoms with Crippen LogP contribution in [0.1, 0.15) is 24.6 Å². The lowest BCUT2D eigenvalue weighted by atomic mass is 10.4. The second-order valence-electron chi connectivity index (χ2n) is 4.24. The van der Waals surface area contributed by atoms with Crippen LogP contribution in [-0.2, 0) is 21.3 Å². The fourth-order valence-corrected chi connectivity index (χ4v) is 5.22. The van der Waals surface area contributed by atoms with Gasteiger partial charge in [-0.1, -0.05) is 13.3 Å². The summed E-state index contributed by atoms with van der Waals surface area (Å²) < 4.78 is 32.8. The second-order valence-corrected chi connectivity index (χ2v) is 8.43. The van der Waals surface area contributed by atoms with Gasteiger partial charge in [0, 0.05) is 24.6 Å². The summed E-state index contributed by atoms with van der Waals surface area (Å²) in [7, 11) is -1.65. The van der Waals surface area contributed by atoms with Crippen molar-refractivity contribution in [3.63, 3.8) is 0 Å². The summed E-state index contributed by atoms with van der Waals surface area (Å²) in [6.07, 6.45) is 2.07. The predicted molar refractivity (Wildman–Crippen MR) is 85.7 cm³/mol. The third-order valence-corrected chi connectivity index (χ3v) is 6.24. The van der Waals surface area contributed by atoms with Crippen molar-refractivity contribution in [3.8, 4) is 0 Å². The zero-order valence-electron chi connectivity index (χ0n) is 11.7. The van der Waals surface area contributed by atoms with Crippen LogP contribution in [0, 0.1) is 0 Å². The minimum absolute atomic E-state index is 0.287. The summed E-state index contributed by atoms with van der Waals surface area (Å²) in [6.45, 7) is 4.09. The fourth-order valence-electron chi connectivity index (χ4n) is 1.52. The molecule has 0 aliphatic carbocycles. The van der Waals surface area contributed by atoms with Gasteiger partial charge in [0.15, 0.2) is 0 Å². The van der Waals surface area contributed by atoms with Gasteiger partial charge >= 0.3 is 0 Å². The summed E-state index contributed by atoms with van der Waals surface area (Å²) in [4.78, 5) is 1.26. The van der Waals surface area contributed by atoms with E-state index >= 15 is 0 Å². The third-order valence-electron chi connectivity index (χ3n) is 2.53. The lowest BCUT2D eigenvalue weighted by molar-refractivity contribution is 0.136. The lowest BCUT2D eigenvalue weighted by Gasteiger charge is -2.06. The van der Waals surface area contributed by atoms with Gasteiger partial charge in [0.2, 0.25) is 10.0 Å². The Labute approximate surface area is 133 Å². The van der Waals surface area contributed by atoms with Gasteiger partial charge in [0.1, 0.15) is 4.90 Å². The van der Waals surface area contributed by atoms with Gasteiger partial charge in [-0.05, 0) is 35.5 Å². The average molecular weight is 385 g/mol. The van der Waals surface area contributed by atoms with Crippen molar-refractivity contribution in [1.29, 1.82) is 0 Å². The van der Waals surface area contributed by atoms with Crippen LogP contribution in [0.25, 0.3) is 0 Å². The maximum Gasteiger partial charge on any atom is 0.242 e. The Hall–Kier alpha value is 0.01000. The van der Waals surface area contributed by atoms with E-state index in [1.807, 2.05) is 7.05 Å². The van der Waals surface area contributed by atoms with Crippen LogP contribution in [-0.4, -0.2) is 35.2 Å². The molecule has 0 aromatic carbocycles. The monoisotopic (exact) mass is 384 g/mol. The topological polar surface area (TPSA) is 67.4 Å². The normalized spacial score (nSPS) is 11.9. The van der Waals surface area contributed by atoms with Gasteiger partial charge in [0.25, 0.3) is 0 Å². The van der Waals surface area contributed by atoms with Crippen LogP contribution in [0.4, 0.5) is 0 Å². The fraction of sp³-hybridized carbons (Fsp3) is 0.667. The van der Waals surface area contributed by atoms with Gasteiger partial charge in [-0.15, -0.1) is 11.3 Å². The molecule has 0 aliphatic rings. The second kappa shape index (κ2) is 9.11. The number of ether oxygens (including phenoxy) is 1. The first-order valence-electron chi connectivity index (χ1n) is 6.51. The van der Waals surface area contributed by atoms with Crippen molar-refractivity contribution in [2.45, 2.75) is 31.2 Å². The average Bonchev–Trinajstić information content (AvgIpc) is 2.76. The number of thiophene rings is 1. The molecule has 0 bridgehead atoms. The van der Waals surface area contributed by atoms with Crippen LogP contribution in [0.15, 0.2) is 14.7 Å². The molecule has 0 radical (unpaired) electrons. The smallest absolute Gasteiger partial charge is 0.242 e. The molecule has 1 rings (SSSR count). The highest BCUT2D eigenvalue weighted by Gasteiger charge is 2.20. The van der Waals surface area contributed by atoms with Gasteiger partial charge in [0.05, 0.1) is 10.4 Å². The Morgan fingerprint density at radius 2 is 2.15 bits per heavy atom. The molecule has 0 fully saturated rings. The third kappa shape index (κ3) is 5.79. The van der Waals surface area contributed by atoms with Crippen LogP contribution in [0.3, 0.4) is 0 Å². The van der Waals surface area contributed by atoms with Crippen molar-refractivity contribution in [2.24, 2.45) is 0 Å². The molecule has 0 spiro atoms. The summed E-state index contributed by atoms with van der Waals surface area (Å²) in [5.41, 5.74) is 0. The molecule has 2 N–H and O–H groups in total.